The first-order chi connectivity index (χ1) is 8.61. The number of fused-ring (bicyclic) bond motifs is 1. The minimum atomic E-state index is -0.915. The number of nitrogens with two attached hydrogens (primary N) is 1. The predicted molar refractivity (Wildman–Crippen MR) is 71.1 cm³/mol. The van der Waals surface area contributed by atoms with E-state index >= 15 is 0 Å². The van der Waals surface area contributed by atoms with Gasteiger partial charge in [0, 0.05) is 23.6 Å². The zero-order chi connectivity index (χ0) is 12.8. The summed E-state index contributed by atoms with van der Waals surface area (Å²) in [5.74, 6) is 0. The standard InChI is InChI=1S/C15H16N2O/c1-10-5-7-17-9-14(10)15(18)6-4-11-8-12(16)2-3-13(11)15/h2-3,5,7-9,18H,4,6,16H2,1H3. The van der Waals surface area contributed by atoms with E-state index in [9.17, 15) is 5.11 Å². The van der Waals surface area contributed by atoms with Gasteiger partial charge in [-0.1, -0.05) is 6.07 Å². The van der Waals surface area contributed by atoms with E-state index < -0.39 is 5.60 Å². The number of aryl methyl sites for hydroxylation is 2. The quantitative estimate of drug-likeness (QED) is 0.751. The number of aromatic nitrogens is 1. The van der Waals surface area contributed by atoms with Gasteiger partial charge >= 0.3 is 0 Å². The van der Waals surface area contributed by atoms with Crippen molar-refractivity contribution >= 4 is 5.69 Å². The predicted octanol–water partition coefficient (Wildman–Crippen LogP) is 2.15. The molecule has 18 heavy (non-hydrogen) atoms. The van der Waals surface area contributed by atoms with Crippen molar-refractivity contribution in [3.63, 3.8) is 0 Å². The number of nitrogen functional groups attached to an aromatic ring is 1. The lowest BCUT2D eigenvalue weighted by Crippen LogP contribution is -2.25. The highest BCUT2D eigenvalue weighted by Crippen LogP contribution is 2.43. The van der Waals surface area contributed by atoms with E-state index in [1.807, 2.05) is 31.2 Å². The van der Waals surface area contributed by atoms with Crippen molar-refractivity contribution in [2.75, 3.05) is 5.73 Å². The molecule has 1 atom stereocenters. The van der Waals surface area contributed by atoms with Crippen LogP contribution in [0.1, 0.15) is 28.7 Å². The first kappa shape index (κ1) is 11.2. The molecule has 1 unspecified atom stereocenters. The van der Waals surface area contributed by atoms with Crippen molar-refractivity contribution in [2.24, 2.45) is 0 Å². The molecular formula is C15H16N2O. The molecule has 92 valence electrons. The Morgan fingerprint density at radius 1 is 1.28 bits per heavy atom. The van der Waals surface area contributed by atoms with E-state index in [4.69, 9.17) is 5.73 Å². The maximum Gasteiger partial charge on any atom is 0.117 e. The van der Waals surface area contributed by atoms with E-state index in [2.05, 4.69) is 4.98 Å². The second-order valence-electron chi connectivity index (χ2n) is 4.97. The molecule has 0 bridgehead atoms. The van der Waals surface area contributed by atoms with Crippen LogP contribution in [0.2, 0.25) is 0 Å². The maximum absolute atomic E-state index is 11.0. The number of hydrogen-bond acceptors (Lipinski definition) is 3. The summed E-state index contributed by atoms with van der Waals surface area (Å²) in [6.07, 6.45) is 5.06. The molecule has 1 aromatic carbocycles. The third-order valence-electron chi connectivity index (χ3n) is 3.82. The summed E-state index contributed by atoms with van der Waals surface area (Å²) >= 11 is 0. The largest absolute Gasteiger partial charge is 0.399 e. The van der Waals surface area contributed by atoms with Crippen molar-refractivity contribution in [3.8, 4) is 0 Å². The zero-order valence-electron chi connectivity index (χ0n) is 10.4. The minimum absolute atomic E-state index is 0.693. The number of pyridine rings is 1. The van der Waals surface area contributed by atoms with Crippen LogP contribution in [0.4, 0.5) is 5.69 Å². The first-order valence-electron chi connectivity index (χ1n) is 6.13. The SMILES string of the molecule is Cc1ccncc1C1(O)CCc2cc(N)ccc21. The summed E-state index contributed by atoms with van der Waals surface area (Å²) in [7, 11) is 0. The van der Waals surface area contributed by atoms with Crippen LogP contribution in [0, 0.1) is 6.92 Å². The summed E-state index contributed by atoms with van der Waals surface area (Å²) < 4.78 is 0. The number of nitrogens with zero attached hydrogens (tertiary/aromatic N) is 1. The van der Waals surface area contributed by atoms with Gasteiger partial charge in [0.25, 0.3) is 0 Å². The van der Waals surface area contributed by atoms with Crippen LogP contribution in [0.15, 0.2) is 36.7 Å². The zero-order valence-corrected chi connectivity index (χ0v) is 10.4. The lowest BCUT2D eigenvalue weighted by molar-refractivity contribution is 0.0819. The number of hydrogen-bond donors (Lipinski definition) is 2. The van der Waals surface area contributed by atoms with Gasteiger partial charge in [0.2, 0.25) is 0 Å². The minimum Gasteiger partial charge on any atom is -0.399 e. The van der Waals surface area contributed by atoms with Gasteiger partial charge in [-0.25, -0.2) is 0 Å². The van der Waals surface area contributed by atoms with Crippen LogP contribution in [-0.4, -0.2) is 10.1 Å². The normalized spacial score (nSPS) is 21.9. The van der Waals surface area contributed by atoms with Crippen molar-refractivity contribution < 1.29 is 5.11 Å². The molecule has 0 saturated heterocycles. The first-order valence-corrected chi connectivity index (χ1v) is 6.13. The van der Waals surface area contributed by atoms with Gasteiger partial charge in [-0.3, -0.25) is 4.98 Å². The average molecular weight is 240 g/mol. The summed E-state index contributed by atoms with van der Waals surface area (Å²) in [5, 5.41) is 11.0. The molecule has 0 spiro atoms. The highest BCUT2D eigenvalue weighted by molar-refractivity contribution is 5.53. The Bertz CT molecular complexity index is 609. The molecule has 1 aromatic heterocycles. The highest BCUT2D eigenvalue weighted by Gasteiger charge is 2.39. The second-order valence-corrected chi connectivity index (χ2v) is 4.97. The van der Waals surface area contributed by atoms with E-state index in [0.29, 0.717) is 6.42 Å². The van der Waals surface area contributed by atoms with E-state index in [1.165, 1.54) is 0 Å². The van der Waals surface area contributed by atoms with E-state index in [0.717, 1.165) is 34.4 Å². The number of aliphatic hydroxyl groups is 1. The van der Waals surface area contributed by atoms with Crippen LogP contribution in [0.25, 0.3) is 0 Å². The Hall–Kier alpha value is -1.87. The monoisotopic (exact) mass is 240 g/mol. The molecule has 1 aliphatic carbocycles. The van der Waals surface area contributed by atoms with Crippen LogP contribution in [-0.2, 0) is 12.0 Å². The molecule has 3 rings (SSSR count). The lowest BCUT2D eigenvalue weighted by atomic mass is 9.86. The molecule has 3 heteroatoms. The van der Waals surface area contributed by atoms with Gasteiger partial charge in [0.05, 0.1) is 0 Å². The molecule has 0 amide bonds. The summed E-state index contributed by atoms with van der Waals surface area (Å²) in [5.41, 5.74) is 9.70. The van der Waals surface area contributed by atoms with Crippen molar-refractivity contribution in [3.05, 3.63) is 58.9 Å². The third-order valence-corrected chi connectivity index (χ3v) is 3.82. The fourth-order valence-electron chi connectivity index (χ4n) is 2.85. The van der Waals surface area contributed by atoms with Crippen LogP contribution in [0.3, 0.4) is 0 Å². The molecule has 1 aliphatic rings. The molecule has 0 fully saturated rings. The average Bonchev–Trinajstić information content (AvgIpc) is 2.68. The topological polar surface area (TPSA) is 59.1 Å². The van der Waals surface area contributed by atoms with Gasteiger partial charge in [0.1, 0.15) is 5.60 Å². The van der Waals surface area contributed by atoms with E-state index in [-0.39, 0.29) is 0 Å². The molecule has 0 saturated carbocycles. The Balaban J connectivity index is 2.18. The Morgan fingerprint density at radius 2 is 2.11 bits per heavy atom. The van der Waals surface area contributed by atoms with Crippen molar-refractivity contribution in [1.82, 2.24) is 4.98 Å². The van der Waals surface area contributed by atoms with Crippen molar-refractivity contribution in [1.29, 1.82) is 0 Å². The summed E-state index contributed by atoms with van der Waals surface area (Å²) in [4.78, 5) is 4.14. The second kappa shape index (κ2) is 3.82. The highest BCUT2D eigenvalue weighted by atomic mass is 16.3. The fourth-order valence-corrected chi connectivity index (χ4v) is 2.85. The summed E-state index contributed by atoms with van der Waals surface area (Å²) in [6.45, 7) is 2.00. The molecule has 0 aliphatic heterocycles. The van der Waals surface area contributed by atoms with Crippen LogP contribution >= 0.6 is 0 Å². The number of rotatable bonds is 1. The van der Waals surface area contributed by atoms with Gasteiger partial charge < -0.3 is 10.8 Å². The molecular weight excluding hydrogens is 224 g/mol. The third kappa shape index (κ3) is 1.51. The van der Waals surface area contributed by atoms with Gasteiger partial charge in [0.15, 0.2) is 0 Å². The molecule has 3 N–H and O–H groups in total. The smallest absolute Gasteiger partial charge is 0.117 e. The maximum atomic E-state index is 11.0. The van der Waals surface area contributed by atoms with Crippen molar-refractivity contribution in [2.45, 2.75) is 25.4 Å². The fraction of sp³-hybridized carbons (Fsp3) is 0.267. The Labute approximate surface area is 106 Å². The van der Waals surface area contributed by atoms with Crippen LogP contribution in [0.5, 0.6) is 0 Å². The Morgan fingerprint density at radius 3 is 2.89 bits per heavy atom. The lowest BCUT2D eigenvalue weighted by Gasteiger charge is -2.26. The number of benzene rings is 1. The van der Waals surface area contributed by atoms with E-state index in [1.54, 1.807) is 12.4 Å². The van der Waals surface area contributed by atoms with Gasteiger partial charge in [-0.15, -0.1) is 0 Å². The van der Waals surface area contributed by atoms with Gasteiger partial charge in [-0.2, -0.15) is 0 Å². The number of anilines is 1. The molecule has 0 radical (unpaired) electrons. The van der Waals surface area contributed by atoms with Gasteiger partial charge in [-0.05, 0) is 54.7 Å². The molecule has 2 aromatic rings. The molecule has 3 nitrogen and oxygen atoms in total. The Kier molecular flexibility index (Phi) is 2.38. The molecule has 1 heterocycles. The van der Waals surface area contributed by atoms with Crippen LogP contribution < -0.4 is 5.73 Å². The summed E-state index contributed by atoms with van der Waals surface area (Å²) in [6, 6.07) is 7.67.